The second-order valence-corrected chi connectivity index (χ2v) is 6.04. The van der Waals surface area contributed by atoms with Gasteiger partial charge in [-0.2, -0.15) is 0 Å². The molecule has 20 heavy (non-hydrogen) atoms. The number of rotatable bonds is 5. The van der Waals surface area contributed by atoms with Crippen molar-refractivity contribution in [2.24, 2.45) is 0 Å². The third kappa shape index (κ3) is 3.76. The van der Waals surface area contributed by atoms with Gasteiger partial charge in [0.1, 0.15) is 5.75 Å². The molecule has 0 saturated heterocycles. The fourth-order valence-electron chi connectivity index (χ4n) is 2.03. The van der Waals surface area contributed by atoms with E-state index in [0.29, 0.717) is 0 Å². The van der Waals surface area contributed by atoms with Gasteiger partial charge in [0.05, 0.1) is 12.8 Å². The predicted octanol–water partition coefficient (Wildman–Crippen LogP) is 4.99. The van der Waals surface area contributed by atoms with Gasteiger partial charge in [-0.15, -0.1) is 0 Å². The molecule has 0 fully saturated rings. The number of halogens is 2. The maximum absolute atomic E-state index is 5.18. The molecule has 0 aliphatic rings. The zero-order chi connectivity index (χ0) is 14.5. The minimum Gasteiger partial charge on any atom is -0.497 e. The summed E-state index contributed by atoms with van der Waals surface area (Å²) >= 11 is 7.12. The van der Waals surface area contributed by atoms with Gasteiger partial charge in [-0.05, 0) is 51.3 Å². The van der Waals surface area contributed by atoms with Crippen LogP contribution < -0.4 is 9.64 Å². The Bertz CT molecular complexity index is 569. The maximum Gasteiger partial charge on any atom is 0.118 e. The van der Waals surface area contributed by atoms with Crippen molar-refractivity contribution >= 4 is 37.5 Å². The second-order valence-electron chi connectivity index (χ2n) is 4.62. The summed E-state index contributed by atoms with van der Waals surface area (Å²) in [5.41, 5.74) is 3.70. The average Bonchev–Trinajstić information content (AvgIpc) is 2.47. The number of hydrogen-bond donors (Lipinski definition) is 0. The van der Waals surface area contributed by atoms with E-state index in [0.717, 1.165) is 22.1 Å². The van der Waals surface area contributed by atoms with Gasteiger partial charge in [-0.1, -0.05) is 34.1 Å². The van der Waals surface area contributed by atoms with E-state index >= 15 is 0 Å². The van der Waals surface area contributed by atoms with Crippen molar-refractivity contribution in [1.29, 1.82) is 0 Å². The Morgan fingerprint density at radius 3 is 2.25 bits per heavy atom. The van der Waals surface area contributed by atoms with Gasteiger partial charge in [0.25, 0.3) is 0 Å². The highest BCUT2D eigenvalue weighted by molar-refractivity contribution is 9.10. The molecule has 0 spiro atoms. The van der Waals surface area contributed by atoms with Gasteiger partial charge in [0.15, 0.2) is 0 Å². The summed E-state index contributed by atoms with van der Waals surface area (Å²) in [6, 6.07) is 14.6. The Balaban J connectivity index is 2.12. The Kier molecular flexibility index (Phi) is 5.49. The standard InChI is InChI=1S/C16H17Br2NO/c1-19(11-12-3-6-14(20-2)7-4-12)16-8-5-13(10-17)9-15(16)18/h3-9H,10-11H2,1-2H3. The third-order valence-electron chi connectivity index (χ3n) is 3.16. The highest BCUT2D eigenvalue weighted by Crippen LogP contribution is 2.28. The normalized spacial score (nSPS) is 10.4. The molecular formula is C16H17Br2NO. The van der Waals surface area contributed by atoms with Crippen LogP contribution in [0, 0.1) is 0 Å². The lowest BCUT2D eigenvalue weighted by Gasteiger charge is -2.21. The quantitative estimate of drug-likeness (QED) is 0.658. The Labute approximate surface area is 137 Å². The monoisotopic (exact) mass is 397 g/mol. The number of benzene rings is 2. The molecule has 2 aromatic rings. The molecule has 0 radical (unpaired) electrons. The molecule has 0 aliphatic carbocycles. The molecule has 4 heteroatoms. The van der Waals surface area contributed by atoms with E-state index in [1.165, 1.54) is 16.8 Å². The molecule has 2 aromatic carbocycles. The van der Waals surface area contributed by atoms with Gasteiger partial charge < -0.3 is 9.64 Å². The first-order chi connectivity index (χ1) is 9.63. The lowest BCUT2D eigenvalue weighted by atomic mass is 10.2. The third-order valence-corrected chi connectivity index (χ3v) is 4.44. The van der Waals surface area contributed by atoms with Crippen molar-refractivity contribution in [2.45, 2.75) is 11.9 Å². The van der Waals surface area contributed by atoms with Crippen molar-refractivity contribution in [3.63, 3.8) is 0 Å². The molecule has 0 bridgehead atoms. The molecular weight excluding hydrogens is 382 g/mol. The summed E-state index contributed by atoms with van der Waals surface area (Å²) in [5, 5.41) is 0.869. The van der Waals surface area contributed by atoms with Gasteiger partial charge in [0.2, 0.25) is 0 Å². The fraction of sp³-hybridized carbons (Fsp3) is 0.250. The molecule has 0 amide bonds. The van der Waals surface area contributed by atoms with E-state index < -0.39 is 0 Å². The SMILES string of the molecule is COc1ccc(CN(C)c2ccc(CBr)cc2Br)cc1. The van der Waals surface area contributed by atoms with E-state index in [-0.39, 0.29) is 0 Å². The van der Waals surface area contributed by atoms with Crippen LogP contribution in [-0.4, -0.2) is 14.2 Å². The summed E-state index contributed by atoms with van der Waals surface area (Å²) in [6.45, 7) is 0.857. The van der Waals surface area contributed by atoms with Crippen LogP contribution in [0.15, 0.2) is 46.9 Å². The van der Waals surface area contributed by atoms with Crippen molar-refractivity contribution < 1.29 is 4.74 Å². The zero-order valence-corrected chi connectivity index (χ0v) is 14.7. The fourth-order valence-corrected chi connectivity index (χ4v) is 3.11. The summed E-state index contributed by atoms with van der Waals surface area (Å²) in [5.74, 6) is 0.888. The van der Waals surface area contributed by atoms with Crippen LogP contribution in [0.4, 0.5) is 5.69 Å². The summed E-state index contributed by atoms with van der Waals surface area (Å²) < 4.78 is 6.29. The van der Waals surface area contributed by atoms with Crippen molar-refractivity contribution in [1.82, 2.24) is 0 Å². The van der Waals surface area contributed by atoms with Crippen molar-refractivity contribution in [3.05, 3.63) is 58.1 Å². The van der Waals surface area contributed by atoms with E-state index in [1.807, 2.05) is 12.1 Å². The maximum atomic E-state index is 5.18. The summed E-state index contributed by atoms with van der Waals surface area (Å²) in [6.07, 6.45) is 0. The largest absolute Gasteiger partial charge is 0.497 e. The Hall–Kier alpha value is -1.000. The highest BCUT2D eigenvalue weighted by Gasteiger charge is 2.07. The van der Waals surface area contributed by atoms with Crippen LogP contribution in [0.25, 0.3) is 0 Å². The topological polar surface area (TPSA) is 12.5 Å². The first-order valence-corrected chi connectivity index (χ1v) is 8.24. The smallest absolute Gasteiger partial charge is 0.118 e. The van der Waals surface area contributed by atoms with Crippen molar-refractivity contribution in [2.75, 3.05) is 19.1 Å². The van der Waals surface area contributed by atoms with Crippen LogP contribution in [0.1, 0.15) is 11.1 Å². The molecule has 2 nitrogen and oxygen atoms in total. The van der Waals surface area contributed by atoms with Crippen LogP contribution in [0.5, 0.6) is 5.75 Å². The van der Waals surface area contributed by atoms with Crippen LogP contribution >= 0.6 is 31.9 Å². The lowest BCUT2D eigenvalue weighted by molar-refractivity contribution is 0.414. The zero-order valence-electron chi connectivity index (χ0n) is 11.6. The molecule has 0 aromatic heterocycles. The molecule has 0 heterocycles. The first-order valence-electron chi connectivity index (χ1n) is 6.32. The first kappa shape index (κ1) is 15.4. The molecule has 0 N–H and O–H groups in total. The van der Waals surface area contributed by atoms with E-state index in [2.05, 4.69) is 74.1 Å². The molecule has 0 saturated carbocycles. The number of alkyl halides is 1. The van der Waals surface area contributed by atoms with Gasteiger partial charge in [-0.3, -0.25) is 0 Å². The summed E-state index contributed by atoms with van der Waals surface area (Å²) in [4.78, 5) is 2.23. The van der Waals surface area contributed by atoms with Gasteiger partial charge in [-0.25, -0.2) is 0 Å². The Morgan fingerprint density at radius 2 is 1.70 bits per heavy atom. The number of methoxy groups -OCH3 is 1. The average molecular weight is 399 g/mol. The highest BCUT2D eigenvalue weighted by atomic mass is 79.9. The molecule has 0 unspecified atom stereocenters. The minimum atomic E-state index is 0.857. The molecule has 0 aliphatic heterocycles. The van der Waals surface area contributed by atoms with E-state index in [1.54, 1.807) is 7.11 Å². The van der Waals surface area contributed by atoms with E-state index in [9.17, 15) is 0 Å². The number of hydrogen-bond acceptors (Lipinski definition) is 2. The van der Waals surface area contributed by atoms with E-state index in [4.69, 9.17) is 4.74 Å². The summed E-state index contributed by atoms with van der Waals surface area (Å²) in [7, 11) is 3.78. The predicted molar refractivity (Wildman–Crippen MR) is 91.9 cm³/mol. The number of anilines is 1. The minimum absolute atomic E-state index is 0.857. The number of ether oxygens (including phenoxy) is 1. The van der Waals surface area contributed by atoms with Crippen LogP contribution in [0.3, 0.4) is 0 Å². The van der Waals surface area contributed by atoms with Gasteiger partial charge >= 0.3 is 0 Å². The number of nitrogens with zero attached hydrogens (tertiary/aromatic N) is 1. The van der Waals surface area contributed by atoms with Crippen LogP contribution in [0.2, 0.25) is 0 Å². The second kappa shape index (κ2) is 7.14. The van der Waals surface area contributed by atoms with Gasteiger partial charge in [0, 0.05) is 23.4 Å². The van der Waals surface area contributed by atoms with Crippen molar-refractivity contribution in [3.8, 4) is 5.75 Å². The lowest BCUT2D eigenvalue weighted by Crippen LogP contribution is -2.16. The molecule has 0 atom stereocenters. The molecule has 2 rings (SSSR count). The van der Waals surface area contributed by atoms with Crippen LogP contribution in [-0.2, 0) is 11.9 Å². The molecule has 106 valence electrons. The Morgan fingerprint density at radius 1 is 1.05 bits per heavy atom.